The number of likely N-dealkylation sites (N-methyl/N-ethyl adjacent to an activating group) is 1. The van der Waals surface area contributed by atoms with Crippen molar-refractivity contribution in [2.45, 2.75) is 27.2 Å². The fourth-order valence-electron chi connectivity index (χ4n) is 1.72. The van der Waals surface area contributed by atoms with Crippen molar-refractivity contribution in [3.05, 3.63) is 11.4 Å². The summed E-state index contributed by atoms with van der Waals surface area (Å²) in [6.07, 6.45) is 0.976. The van der Waals surface area contributed by atoms with Gasteiger partial charge >= 0.3 is 0 Å². The van der Waals surface area contributed by atoms with Gasteiger partial charge in [-0.3, -0.25) is 4.79 Å². The number of nitrogens with one attached hydrogen (secondary N) is 1. The zero-order valence-corrected chi connectivity index (χ0v) is 8.85. The van der Waals surface area contributed by atoms with Crippen LogP contribution in [0.25, 0.3) is 0 Å². The van der Waals surface area contributed by atoms with Crippen molar-refractivity contribution in [1.29, 1.82) is 0 Å². The number of allylic oxidation sites excluding steroid dienone is 2. The zero-order valence-electron chi connectivity index (χ0n) is 8.85. The summed E-state index contributed by atoms with van der Waals surface area (Å²) < 4.78 is 0. The van der Waals surface area contributed by atoms with Crippen LogP contribution in [0.1, 0.15) is 27.2 Å². The fraction of sp³-hybridized carbons (Fsp3) is 0.700. The molecule has 0 atom stereocenters. The van der Waals surface area contributed by atoms with E-state index in [4.69, 9.17) is 0 Å². The van der Waals surface area contributed by atoms with Gasteiger partial charge in [-0.05, 0) is 12.3 Å². The Balaban J connectivity index is 2.98. The van der Waals surface area contributed by atoms with Gasteiger partial charge < -0.3 is 10.2 Å². The Morgan fingerprint density at radius 3 is 2.62 bits per heavy atom. The number of hydrogen-bond donors (Lipinski definition) is 1. The maximum absolute atomic E-state index is 11.3. The molecule has 1 rings (SSSR count). The Labute approximate surface area is 79.8 Å². The topological polar surface area (TPSA) is 32.3 Å². The SMILES string of the molecule is CCC1=C(C(C)C)NC(=O)CN1C. The molecule has 3 heteroatoms. The molecule has 0 aromatic carbocycles. The first kappa shape index (κ1) is 10.1. The van der Waals surface area contributed by atoms with Crippen LogP contribution in [0, 0.1) is 5.92 Å². The lowest BCUT2D eigenvalue weighted by molar-refractivity contribution is -0.121. The minimum absolute atomic E-state index is 0.100. The van der Waals surface area contributed by atoms with Gasteiger partial charge in [0.05, 0.1) is 6.54 Å². The molecule has 0 aliphatic carbocycles. The second kappa shape index (κ2) is 3.81. The lowest BCUT2D eigenvalue weighted by Gasteiger charge is -2.31. The van der Waals surface area contributed by atoms with Gasteiger partial charge in [0.25, 0.3) is 0 Å². The van der Waals surface area contributed by atoms with Crippen LogP contribution < -0.4 is 5.32 Å². The molecule has 13 heavy (non-hydrogen) atoms. The van der Waals surface area contributed by atoms with E-state index >= 15 is 0 Å². The number of rotatable bonds is 2. The maximum Gasteiger partial charge on any atom is 0.243 e. The molecule has 1 amide bonds. The summed E-state index contributed by atoms with van der Waals surface area (Å²) in [5.74, 6) is 0.491. The summed E-state index contributed by atoms with van der Waals surface area (Å²) in [5, 5.41) is 2.95. The van der Waals surface area contributed by atoms with Crippen molar-refractivity contribution in [2.75, 3.05) is 13.6 Å². The molecule has 0 bridgehead atoms. The number of nitrogens with zero attached hydrogens (tertiary/aromatic N) is 1. The van der Waals surface area contributed by atoms with Gasteiger partial charge in [-0.2, -0.15) is 0 Å². The van der Waals surface area contributed by atoms with Gasteiger partial charge in [-0.1, -0.05) is 20.8 Å². The van der Waals surface area contributed by atoms with E-state index in [2.05, 4.69) is 26.1 Å². The lowest BCUT2D eigenvalue weighted by Crippen LogP contribution is -2.42. The molecule has 0 radical (unpaired) electrons. The van der Waals surface area contributed by atoms with Crippen molar-refractivity contribution in [3.8, 4) is 0 Å². The molecule has 0 unspecified atom stereocenters. The molecular formula is C10H18N2O. The van der Waals surface area contributed by atoms with E-state index in [1.165, 1.54) is 5.70 Å². The first-order valence-electron chi connectivity index (χ1n) is 4.80. The highest BCUT2D eigenvalue weighted by atomic mass is 16.2. The van der Waals surface area contributed by atoms with Crippen LogP contribution in [-0.2, 0) is 4.79 Å². The molecule has 1 heterocycles. The lowest BCUT2D eigenvalue weighted by atomic mass is 10.0. The minimum atomic E-state index is 0.100. The van der Waals surface area contributed by atoms with Crippen LogP contribution >= 0.6 is 0 Å². The Kier molecular flexibility index (Phi) is 2.96. The molecule has 0 aromatic rings. The van der Waals surface area contributed by atoms with Crippen molar-refractivity contribution >= 4 is 5.91 Å². The summed E-state index contributed by atoms with van der Waals surface area (Å²) in [6.45, 7) is 6.81. The molecule has 0 spiro atoms. The number of carbonyl (C=O) groups is 1. The summed E-state index contributed by atoms with van der Waals surface area (Å²) in [5.41, 5.74) is 2.34. The van der Waals surface area contributed by atoms with Crippen LogP contribution in [0.15, 0.2) is 11.4 Å². The highest BCUT2D eigenvalue weighted by Gasteiger charge is 2.22. The van der Waals surface area contributed by atoms with Crippen molar-refractivity contribution in [2.24, 2.45) is 5.92 Å². The predicted octanol–water partition coefficient (Wildman–Crippen LogP) is 1.33. The van der Waals surface area contributed by atoms with E-state index in [9.17, 15) is 4.79 Å². The van der Waals surface area contributed by atoms with Crippen LogP contribution in [0.5, 0.6) is 0 Å². The highest BCUT2D eigenvalue weighted by molar-refractivity contribution is 5.81. The molecule has 0 saturated heterocycles. The van der Waals surface area contributed by atoms with Crippen LogP contribution in [0.2, 0.25) is 0 Å². The molecule has 0 fully saturated rings. The second-order valence-corrected chi connectivity index (χ2v) is 3.77. The zero-order chi connectivity index (χ0) is 10.0. The Morgan fingerprint density at radius 2 is 2.15 bits per heavy atom. The Bertz CT molecular complexity index is 243. The summed E-state index contributed by atoms with van der Waals surface area (Å²) in [7, 11) is 1.97. The average Bonchev–Trinajstić information content (AvgIpc) is 2.02. The standard InChI is InChI=1S/C10H18N2O/c1-5-8-10(7(2)3)11-9(13)6-12(8)4/h7H,5-6H2,1-4H3,(H,11,13). The molecule has 0 saturated carbocycles. The van der Waals surface area contributed by atoms with Gasteiger partial charge in [0.15, 0.2) is 0 Å². The van der Waals surface area contributed by atoms with Gasteiger partial charge in [-0.25, -0.2) is 0 Å². The fourth-order valence-corrected chi connectivity index (χ4v) is 1.72. The molecule has 1 aliphatic rings. The van der Waals surface area contributed by atoms with Gasteiger partial charge in [0, 0.05) is 18.4 Å². The van der Waals surface area contributed by atoms with Crippen molar-refractivity contribution < 1.29 is 4.79 Å². The summed E-state index contributed by atoms with van der Waals surface area (Å²) in [4.78, 5) is 13.3. The molecule has 3 nitrogen and oxygen atoms in total. The van der Waals surface area contributed by atoms with Crippen LogP contribution in [0.4, 0.5) is 0 Å². The first-order valence-corrected chi connectivity index (χ1v) is 4.80. The Hall–Kier alpha value is -0.990. The van der Waals surface area contributed by atoms with E-state index in [1.807, 2.05) is 11.9 Å². The van der Waals surface area contributed by atoms with E-state index in [0.29, 0.717) is 12.5 Å². The summed E-state index contributed by atoms with van der Waals surface area (Å²) in [6, 6.07) is 0. The molecule has 1 aliphatic heterocycles. The predicted molar refractivity (Wildman–Crippen MR) is 52.9 cm³/mol. The van der Waals surface area contributed by atoms with Gasteiger partial charge in [-0.15, -0.1) is 0 Å². The van der Waals surface area contributed by atoms with E-state index in [0.717, 1.165) is 12.1 Å². The van der Waals surface area contributed by atoms with Crippen LogP contribution in [0.3, 0.4) is 0 Å². The third-order valence-corrected chi connectivity index (χ3v) is 2.34. The second-order valence-electron chi connectivity index (χ2n) is 3.77. The minimum Gasteiger partial charge on any atom is -0.367 e. The largest absolute Gasteiger partial charge is 0.367 e. The van der Waals surface area contributed by atoms with Gasteiger partial charge in [0.1, 0.15) is 0 Å². The quantitative estimate of drug-likeness (QED) is 0.698. The van der Waals surface area contributed by atoms with Crippen molar-refractivity contribution in [3.63, 3.8) is 0 Å². The average molecular weight is 182 g/mol. The third kappa shape index (κ3) is 2.02. The van der Waals surface area contributed by atoms with Gasteiger partial charge in [0.2, 0.25) is 5.91 Å². The Morgan fingerprint density at radius 1 is 1.54 bits per heavy atom. The molecule has 1 N–H and O–H groups in total. The summed E-state index contributed by atoms with van der Waals surface area (Å²) >= 11 is 0. The highest BCUT2D eigenvalue weighted by Crippen LogP contribution is 2.20. The third-order valence-electron chi connectivity index (χ3n) is 2.34. The molecule has 0 aromatic heterocycles. The number of carbonyl (C=O) groups excluding carboxylic acids is 1. The number of hydrogen-bond acceptors (Lipinski definition) is 2. The normalized spacial score (nSPS) is 18.2. The maximum atomic E-state index is 11.3. The van der Waals surface area contributed by atoms with Crippen LogP contribution in [-0.4, -0.2) is 24.4 Å². The first-order chi connectivity index (χ1) is 6.06. The van der Waals surface area contributed by atoms with E-state index in [-0.39, 0.29) is 5.91 Å². The van der Waals surface area contributed by atoms with Crippen molar-refractivity contribution in [1.82, 2.24) is 10.2 Å². The smallest absolute Gasteiger partial charge is 0.243 e. The molecule has 74 valence electrons. The van der Waals surface area contributed by atoms with E-state index in [1.54, 1.807) is 0 Å². The van der Waals surface area contributed by atoms with E-state index < -0.39 is 0 Å². The monoisotopic (exact) mass is 182 g/mol. The molecular weight excluding hydrogens is 164 g/mol. The number of amides is 1.